The summed E-state index contributed by atoms with van der Waals surface area (Å²) in [6.07, 6.45) is 0.438. The van der Waals surface area contributed by atoms with Gasteiger partial charge in [0.25, 0.3) is 0 Å². The average Bonchev–Trinajstić information content (AvgIpc) is 2.25. The zero-order valence-corrected chi connectivity index (χ0v) is 10.6. The van der Waals surface area contributed by atoms with E-state index in [0.29, 0.717) is 13.0 Å². The highest BCUT2D eigenvalue weighted by Gasteiger charge is 2.27. The van der Waals surface area contributed by atoms with Gasteiger partial charge in [-0.05, 0) is 6.42 Å². The largest absolute Gasteiger partial charge is 0.385 e. The maximum Gasteiger partial charge on any atom is 0.337 e. The Labute approximate surface area is 90.6 Å². The molecule has 90 valence electrons. The molecule has 0 aromatic carbocycles. The number of hydrogen-bond donors (Lipinski definition) is 0. The second-order valence-corrected chi connectivity index (χ2v) is 5.55. The molecule has 1 atom stereocenters. The third-order valence-electron chi connectivity index (χ3n) is 2.21. The number of methoxy groups -OCH3 is 1. The van der Waals surface area contributed by atoms with Crippen LogP contribution in [0.4, 0.5) is 0 Å². The molecule has 0 bridgehead atoms. The lowest BCUT2D eigenvalue weighted by Gasteiger charge is -2.15. The molecule has 0 heterocycles. The van der Waals surface area contributed by atoms with Crippen LogP contribution in [-0.2, 0) is 23.1 Å². The van der Waals surface area contributed by atoms with Crippen LogP contribution in [0.5, 0.6) is 0 Å². The first-order valence-corrected chi connectivity index (χ1v) is 6.44. The van der Waals surface area contributed by atoms with Crippen LogP contribution in [0.15, 0.2) is 0 Å². The van der Waals surface area contributed by atoms with Gasteiger partial charge in [-0.3, -0.25) is 9.36 Å². The van der Waals surface area contributed by atoms with E-state index in [9.17, 15) is 9.36 Å². The first-order chi connectivity index (χ1) is 6.99. The number of ketones is 1. The van der Waals surface area contributed by atoms with Crippen molar-refractivity contribution in [1.29, 1.82) is 0 Å². The zero-order valence-electron chi connectivity index (χ0n) is 9.69. The third kappa shape index (κ3) is 5.42. The van der Waals surface area contributed by atoms with Crippen LogP contribution in [-0.4, -0.2) is 39.9 Å². The molecule has 0 spiro atoms. The normalized spacial score (nSPS) is 13.9. The van der Waals surface area contributed by atoms with E-state index in [1.165, 1.54) is 14.2 Å². The van der Waals surface area contributed by atoms with Gasteiger partial charge in [0, 0.05) is 33.9 Å². The Morgan fingerprint density at radius 2 is 1.80 bits per heavy atom. The smallest absolute Gasteiger partial charge is 0.337 e. The van der Waals surface area contributed by atoms with E-state index in [1.807, 2.05) is 0 Å². The van der Waals surface area contributed by atoms with Gasteiger partial charge < -0.3 is 13.8 Å². The summed E-state index contributed by atoms with van der Waals surface area (Å²) in [5.74, 6) is -0.317. The number of carbonyl (C=O) groups is 1. The van der Waals surface area contributed by atoms with Gasteiger partial charge >= 0.3 is 7.60 Å². The van der Waals surface area contributed by atoms with Gasteiger partial charge in [0.2, 0.25) is 0 Å². The Kier molecular flexibility index (Phi) is 7.02. The molecule has 0 aliphatic carbocycles. The second-order valence-electron chi connectivity index (χ2n) is 3.28. The fourth-order valence-corrected chi connectivity index (χ4v) is 2.11. The molecular weight excluding hydrogens is 219 g/mol. The number of hydrogen-bond acceptors (Lipinski definition) is 5. The average molecular weight is 238 g/mol. The Morgan fingerprint density at radius 1 is 1.27 bits per heavy atom. The Bertz CT molecular complexity index is 233. The van der Waals surface area contributed by atoms with E-state index in [0.717, 1.165) is 0 Å². The highest BCUT2D eigenvalue weighted by Crippen LogP contribution is 2.46. The summed E-state index contributed by atoms with van der Waals surface area (Å²) in [6, 6.07) is 0. The van der Waals surface area contributed by atoms with Crippen molar-refractivity contribution in [3.05, 3.63) is 0 Å². The molecule has 5 nitrogen and oxygen atoms in total. The Balaban J connectivity index is 4.17. The summed E-state index contributed by atoms with van der Waals surface area (Å²) in [6.45, 7) is 2.29. The lowest BCUT2D eigenvalue weighted by Crippen LogP contribution is -2.18. The third-order valence-corrected chi connectivity index (χ3v) is 4.02. The number of rotatable bonds is 8. The summed E-state index contributed by atoms with van der Waals surface area (Å²) in [5.41, 5.74) is 0. The van der Waals surface area contributed by atoms with Crippen molar-refractivity contribution in [1.82, 2.24) is 0 Å². The maximum atomic E-state index is 11.6. The lowest BCUT2D eigenvalue weighted by atomic mass is 10.0. The zero-order chi connectivity index (χ0) is 11.9. The summed E-state index contributed by atoms with van der Waals surface area (Å²) >= 11 is 0. The molecule has 0 saturated carbocycles. The Morgan fingerprint density at radius 3 is 2.20 bits per heavy atom. The van der Waals surface area contributed by atoms with Gasteiger partial charge in [0.05, 0.1) is 0 Å². The van der Waals surface area contributed by atoms with Crippen LogP contribution in [0.2, 0.25) is 0 Å². The highest BCUT2D eigenvalue weighted by molar-refractivity contribution is 7.54. The number of Topliss-reactive ketones (excluding diaryl/α,β-unsaturated/α-hetero) is 1. The standard InChI is InChI=1S/C9H19O5P/c1-8(5-6-12-2)9(10)7-15(11,13-3)14-4/h8H,5-7H2,1-4H3. The minimum atomic E-state index is -3.21. The van der Waals surface area contributed by atoms with E-state index in [1.54, 1.807) is 14.0 Å². The lowest BCUT2D eigenvalue weighted by molar-refractivity contribution is -0.120. The molecule has 0 N–H and O–H groups in total. The molecule has 0 radical (unpaired) electrons. The van der Waals surface area contributed by atoms with Crippen LogP contribution in [0.25, 0.3) is 0 Å². The minimum absolute atomic E-state index is 0.126. The topological polar surface area (TPSA) is 61.8 Å². The van der Waals surface area contributed by atoms with Crippen molar-refractivity contribution in [3.8, 4) is 0 Å². The molecule has 0 aromatic heterocycles. The molecule has 0 aliphatic rings. The van der Waals surface area contributed by atoms with Gasteiger partial charge in [-0.1, -0.05) is 6.92 Å². The monoisotopic (exact) mass is 238 g/mol. The van der Waals surface area contributed by atoms with E-state index < -0.39 is 7.60 Å². The minimum Gasteiger partial charge on any atom is -0.385 e. The summed E-state index contributed by atoms with van der Waals surface area (Å²) in [5, 5.41) is 0. The summed E-state index contributed by atoms with van der Waals surface area (Å²) < 4.78 is 25.9. The molecular formula is C9H19O5P. The van der Waals surface area contributed by atoms with Gasteiger partial charge in [0.1, 0.15) is 11.9 Å². The molecule has 0 saturated heterocycles. The molecule has 0 aliphatic heterocycles. The fourth-order valence-electron chi connectivity index (χ4n) is 1.01. The van der Waals surface area contributed by atoms with Crippen molar-refractivity contribution in [2.45, 2.75) is 13.3 Å². The fraction of sp³-hybridized carbons (Fsp3) is 0.889. The van der Waals surface area contributed by atoms with E-state index in [-0.39, 0.29) is 17.9 Å². The predicted molar refractivity (Wildman–Crippen MR) is 57.2 cm³/mol. The van der Waals surface area contributed by atoms with Gasteiger partial charge in [-0.15, -0.1) is 0 Å². The molecule has 15 heavy (non-hydrogen) atoms. The van der Waals surface area contributed by atoms with Crippen LogP contribution in [0.3, 0.4) is 0 Å². The number of carbonyl (C=O) groups excluding carboxylic acids is 1. The van der Waals surface area contributed by atoms with Crippen molar-refractivity contribution >= 4 is 13.4 Å². The molecule has 0 rings (SSSR count). The molecule has 0 amide bonds. The van der Waals surface area contributed by atoms with Crippen molar-refractivity contribution in [2.24, 2.45) is 5.92 Å². The Hall–Kier alpha value is -0.220. The molecule has 0 fully saturated rings. The SMILES string of the molecule is COCCC(C)C(=O)CP(=O)(OC)OC. The highest BCUT2D eigenvalue weighted by atomic mass is 31.2. The van der Waals surface area contributed by atoms with Crippen LogP contribution < -0.4 is 0 Å². The van der Waals surface area contributed by atoms with Crippen molar-refractivity contribution in [3.63, 3.8) is 0 Å². The van der Waals surface area contributed by atoms with Crippen LogP contribution in [0, 0.1) is 5.92 Å². The van der Waals surface area contributed by atoms with Crippen molar-refractivity contribution in [2.75, 3.05) is 34.1 Å². The van der Waals surface area contributed by atoms with Gasteiger partial charge in [-0.2, -0.15) is 0 Å². The van der Waals surface area contributed by atoms with Gasteiger partial charge in [-0.25, -0.2) is 0 Å². The second kappa shape index (κ2) is 7.12. The predicted octanol–water partition coefficient (Wildman–Crippen LogP) is 1.71. The van der Waals surface area contributed by atoms with Crippen LogP contribution in [0.1, 0.15) is 13.3 Å². The maximum absolute atomic E-state index is 11.6. The van der Waals surface area contributed by atoms with E-state index in [4.69, 9.17) is 13.8 Å². The van der Waals surface area contributed by atoms with E-state index in [2.05, 4.69) is 0 Å². The summed E-state index contributed by atoms with van der Waals surface area (Å²) in [7, 11) is 0.913. The quantitative estimate of drug-likeness (QED) is 0.602. The molecule has 0 aromatic rings. The van der Waals surface area contributed by atoms with Crippen LogP contribution >= 0.6 is 7.60 Å². The van der Waals surface area contributed by atoms with E-state index >= 15 is 0 Å². The number of ether oxygens (including phenoxy) is 1. The first kappa shape index (κ1) is 14.8. The molecule has 1 unspecified atom stereocenters. The van der Waals surface area contributed by atoms with Crippen molar-refractivity contribution < 1.29 is 23.1 Å². The summed E-state index contributed by atoms with van der Waals surface area (Å²) in [4.78, 5) is 11.6. The molecule has 6 heteroatoms. The first-order valence-electron chi connectivity index (χ1n) is 4.71. The van der Waals surface area contributed by atoms with Gasteiger partial charge in [0.15, 0.2) is 0 Å².